The van der Waals surface area contributed by atoms with Crippen molar-refractivity contribution in [1.29, 1.82) is 0 Å². The van der Waals surface area contributed by atoms with Crippen LogP contribution in [0.15, 0.2) is 24.3 Å². The van der Waals surface area contributed by atoms with Gasteiger partial charge in [0.2, 0.25) is 0 Å². The first-order chi connectivity index (χ1) is 9.09. The standard InChI is InChI=1S/C12H9ClF6S/c13-10-9(12(17,18)19)8(20-10)5-6-2-1-3-7(4-6)11(14,15)16/h1-4,8-10H,5H2. The second kappa shape index (κ2) is 5.33. The summed E-state index contributed by atoms with van der Waals surface area (Å²) in [7, 11) is 0. The van der Waals surface area contributed by atoms with Gasteiger partial charge in [-0.15, -0.1) is 23.4 Å². The fourth-order valence-electron chi connectivity index (χ4n) is 2.06. The second-order valence-corrected chi connectivity index (χ2v) is 6.61. The van der Waals surface area contributed by atoms with E-state index < -0.39 is 33.8 Å². The molecule has 20 heavy (non-hydrogen) atoms. The molecule has 1 saturated heterocycles. The van der Waals surface area contributed by atoms with E-state index in [0.717, 1.165) is 23.9 Å². The molecule has 1 aliphatic rings. The van der Waals surface area contributed by atoms with Crippen LogP contribution in [-0.4, -0.2) is 16.1 Å². The van der Waals surface area contributed by atoms with Crippen LogP contribution >= 0.6 is 23.4 Å². The number of thioether (sulfide) groups is 1. The van der Waals surface area contributed by atoms with E-state index in [-0.39, 0.29) is 12.0 Å². The lowest BCUT2D eigenvalue weighted by Crippen LogP contribution is -2.47. The third-order valence-electron chi connectivity index (χ3n) is 3.06. The molecule has 3 unspecified atom stereocenters. The van der Waals surface area contributed by atoms with Gasteiger partial charge in [-0.2, -0.15) is 26.3 Å². The molecule has 1 heterocycles. The molecule has 0 aliphatic carbocycles. The molecule has 8 heteroatoms. The summed E-state index contributed by atoms with van der Waals surface area (Å²) < 4.78 is 74.6. The first-order valence-corrected chi connectivity index (χ1v) is 6.99. The fourth-order valence-corrected chi connectivity index (χ4v) is 4.20. The van der Waals surface area contributed by atoms with E-state index >= 15 is 0 Å². The van der Waals surface area contributed by atoms with Crippen molar-refractivity contribution in [2.75, 3.05) is 0 Å². The molecule has 1 aromatic carbocycles. The Balaban J connectivity index is 2.12. The van der Waals surface area contributed by atoms with Crippen molar-refractivity contribution in [3.05, 3.63) is 35.4 Å². The van der Waals surface area contributed by atoms with E-state index in [0.29, 0.717) is 0 Å². The van der Waals surface area contributed by atoms with Crippen molar-refractivity contribution in [3.63, 3.8) is 0 Å². The van der Waals surface area contributed by atoms with Gasteiger partial charge in [-0.05, 0) is 18.1 Å². The molecule has 2 rings (SSSR count). The minimum absolute atomic E-state index is 0.0814. The summed E-state index contributed by atoms with van der Waals surface area (Å²) in [5.74, 6) is -1.68. The zero-order valence-electron chi connectivity index (χ0n) is 9.80. The molecule has 1 aliphatic heterocycles. The van der Waals surface area contributed by atoms with Gasteiger partial charge in [-0.1, -0.05) is 18.2 Å². The molecule has 3 atom stereocenters. The van der Waals surface area contributed by atoms with Gasteiger partial charge in [-0.25, -0.2) is 0 Å². The Labute approximate surface area is 120 Å². The molecule has 112 valence electrons. The van der Waals surface area contributed by atoms with Crippen LogP contribution in [0.5, 0.6) is 0 Å². The lowest BCUT2D eigenvalue weighted by Gasteiger charge is -2.41. The third-order valence-corrected chi connectivity index (χ3v) is 5.00. The molecule has 0 saturated carbocycles. The Morgan fingerprint density at radius 3 is 2.25 bits per heavy atom. The number of halogens is 7. The Hall–Kier alpha value is -0.560. The molecule has 0 bridgehead atoms. The van der Waals surface area contributed by atoms with E-state index in [1.54, 1.807) is 0 Å². The van der Waals surface area contributed by atoms with Gasteiger partial charge >= 0.3 is 12.4 Å². The minimum Gasteiger partial charge on any atom is -0.171 e. The zero-order valence-corrected chi connectivity index (χ0v) is 11.4. The van der Waals surface area contributed by atoms with Crippen LogP contribution in [0, 0.1) is 5.92 Å². The first-order valence-electron chi connectivity index (χ1n) is 5.61. The van der Waals surface area contributed by atoms with Crippen LogP contribution < -0.4 is 0 Å². The van der Waals surface area contributed by atoms with Crippen LogP contribution in [0.1, 0.15) is 11.1 Å². The predicted octanol–water partition coefficient (Wildman–Crippen LogP) is 5.11. The smallest absolute Gasteiger partial charge is 0.171 e. The average Bonchev–Trinajstić information content (AvgIpc) is 2.24. The average molecular weight is 335 g/mol. The van der Waals surface area contributed by atoms with Crippen molar-refractivity contribution >= 4 is 23.4 Å². The zero-order chi connectivity index (χ0) is 15.1. The van der Waals surface area contributed by atoms with E-state index in [1.165, 1.54) is 12.1 Å². The van der Waals surface area contributed by atoms with Crippen molar-refractivity contribution in [2.45, 2.75) is 28.7 Å². The summed E-state index contributed by atoms with van der Waals surface area (Å²) in [5.41, 5.74) is -0.625. The van der Waals surface area contributed by atoms with Gasteiger partial charge < -0.3 is 0 Å². The molecule has 0 nitrogen and oxygen atoms in total. The van der Waals surface area contributed by atoms with Crippen molar-refractivity contribution in [1.82, 2.24) is 0 Å². The van der Waals surface area contributed by atoms with E-state index in [1.807, 2.05) is 0 Å². The van der Waals surface area contributed by atoms with Crippen molar-refractivity contribution in [2.24, 2.45) is 5.92 Å². The second-order valence-electron chi connectivity index (χ2n) is 4.50. The quantitative estimate of drug-likeness (QED) is 0.535. The highest BCUT2D eigenvalue weighted by Crippen LogP contribution is 2.53. The summed E-state index contributed by atoms with van der Waals surface area (Å²) in [5, 5.41) is -0.832. The highest BCUT2D eigenvalue weighted by molar-refractivity contribution is 8.03. The van der Waals surface area contributed by atoms with Crippen LogP contribution in [-0.2, 0) is 12.6 Å². The summed E-state index contributed by atoms with van der Waals surface area (Å²) >= 11 is 6.46. The highest BCUT2D eigenvalue weighted by Gasteiger charge is 2.56. The van der Waals surface area contributed by atoms with Crippen LogP contribution in [0.2, 0.25) is 0 Å². The van der Waals surface area contributed by atoms with Gasteiger partial charge in [0.1, 0.15) is 0 Å². The van der Waals surface area contributed by atoms with E-state index in [9.17, 15) is 26.3 Å². The summed E-state index contributed by atoms with van der Waals surface area (Å²) in [6.45, 7) is 0. The largest absolute Gasteiger partial charge is 0.416 e. The maximum absolute atomic E-state index is 12.7. The maximum atomic E-state index is 12.7. The normalized spacial score (nSPS) is 27.2. The van der Waals surface area contributed by atoms with Gasteiger partial charge in [0, 0.05) is 5.25 Å². The Bertz CT molecular complexity index is 484. The van der Waals surface area contributed by atoms with E-state index in [2.05, 4.69) is 0 Å². The lowest BCUT2D eigenvalue weighted by atomic mass is 9.97. The van der Waals surface area contributed by atoms with Gasteiger partial charge in [0.25, 0.3) is 0 Å². The van der Waals surface area contributed by atoms with Gasteiger partial charge in [0.15, 0.2) is 0 Å². The number of alkyl halides is 7. The minimum atomic E-state index is -4.50. The summed E-state index contributed by atoms with van der Waals surface area (Å²) in [4.78, 5) is 0. The van der Waals surface area contributed by atoms with Crippen molar-refractivity contribution < 1.29 is 26.3 Å². The van der Waals surface area contributed by atoms with Gasteiger partial charge in [-0.3, -0.25) is 0 Å². The Kier molecular flexibility index (Phi) is 4.22. The fraction of sp³-hybridized carbons (Fsp3) is 0.500. The van der Waals surface area contributed by atoms with Crippen LogP contribution in [0.4, 0.5) is 26.3 Å². The topological polar surface area (TPSA) is 0 Å². The van der Waals surface area contributed by atoms with Crippen LogP contribution in [0.3, 0.4) is 0 Å². The predicted molar refractivity (Wildman–Crippen MR) is 65.7 cm³/mol. The monoisotopic (exact) mass is 334 g/mol. The number of hydrogen-bond acceptors (Lipinski definition) is 1. The first kappa shape index (κ1) is 15.8. The lowest BCUT2D eigenvalue weighted by molar-refractivity contribution is -0.174. The Morgan fingerprint density at radius 2 is 1.75 bits per heavy atom. The van der Waals surface area contributed by atoms with Gasteiger partial charge in [0.05, 0.1) is 16.2 Å². The Morgan fingerprint density at radius 1 is 1.10 bits per heavy atom. The molecule has 1 fully saturated rings. The molecule has 1 aromatic rings. The SMILES string of the molecule is FC(F)(F)c1cccc(CC2SC(Cl)C2C(F)(F)F)c1. The molecule has 0 N–H and O–H groups in total. The van der Waals surface area contributed by atoms with E-state index in [4.69, 9.17) is 11.6 Å². The van der Waals surface area contributed by atoms with Crippen LogP contribution in [0.25, 0.3) is 0 Å². The maximum Gasteiger partial charge on any atom is 0.416 e. The third kappa shape index (κ3) is 3.36. The molecular weight excluding hydrogens is 326 g/mol. The summed E-state index contributed by atoms with van der Waals surface area (Å²) in [6.07, 6.45) is -9.01. The highest BCUT2D eigenvalue weighted by atomic mass is 35.5. The number of rotatable bonds is 2. The summed E-state index contributed by atoms with van der Waals surface area (Å²) in [6, 6.07) is 4.37. The van der Waals surface area contributed by atoms with Crippen molar-refractivity contribution in [3.8, 4) is 0 Å². The molecular formula is C12H9ClF6S. The number of benzene rings is 1. The molecule has 0 radical (unpaired) electrons. The molecule has 0 aromatic heterocycles. The number of hydrogen-bond donors (Lipinski definition) is 0. The molecule has 0 spiro atoms. The molecule has 0 amide bonds.